The van der Waals surface area contributed by atoms with E-state index in [1.165, 1.54) is 19.3 Å². The molecule has 14 heavy (non-hydrogen) atoms. The quantitative estimate of drug-likeness (QED) is 0.520. The fraction of sp³-hybridized carbons (Fsp3) is 1.00. The molecule has 0 aromatic carbocycles. The van der Waals surface area contributed by atoms with Gasteiger partial charge in [-0.25, -0.2) is 0 Å². The Morgan fingerprint density at radius 3 is 2.43 bits per heavy atom. The van der Waals surface area contributed by atoms with Crippen LogP contribution in [0.4, 0.5) is 0 Å². The summed E-state index contributed by atoms with van der Waals surface area (Å²) in [6.07, 6.45) is 4.75. The first-order valence-corrected chi connectivity index (χ1v) is 5.69. The Balaban J connectivity index is 2.78. The van der Waals surface area contributed by atoms with Crippen LogP contribution in [0.15, 0.2) is 0 Å². The highest BCUT2D eigenvalue weighted by molar-refractivity contribution is 4.47. The molecule has 3 heteroatoms. The van der Waals surface area contributed by atoms with E-state index in [0.717, 1.165) is 39.3 Å². The van der Waals surface area contributed by atoms with E-state index in [9.17, 15) is 0 Å². The first-order valence-electron chi connectivity index (χ1n) is 5.69. The lowest BCUT2D eigenvalue weighted by atomic mass is 10.3. The molecule has 1 N–H and O–H groups in total. The van der Waals surface area contributed by atoms with Gasteiger partial charge >= 0.3 is 0 Å². The molecule has 0 radical (unpaired) electrons. The van der Waals surface area contributed by atoms with Crippen LogP contribution in [-0.4, -0.2) is 40.0 Å². The number of nitrogens with one attached hydrogen (secondary N) is 1. The highest BCUT2D eigenvalue weighted by Crippen LogP contribution is 1.92. The third kappa shape index (κ3) is 11.9. The fourth-order valence-corrected chi connectivity index (χ4v) is 1.10. The van der Waals surface area contributed by atoms with Gasteiger partial charge in [0.05, 0.1) is 6.61 Å². The molecule has 86 valence electrons. The zero-order valence-electron chi connectivity index (χ0n) is 9.68. The molecular formula is C11H25NO2. The Bertz CT molecular complexity index is 87.3. The van der Waals surface area contributed by atoms with Crippen molar-refractivity contribution >= 4 is 0 Å². The van der Waals surface area contributed by atoms with Crippen LogP contribution < -0.4 is 5.32 Å². The Hall–Kier alpha value is -0.120. The van der Waals surface area contributed by atoms with E-state index in [2.05, 4.69) is 12.2 Å². The van der Waals surface area contributed by atoms with Crippen LogP contribution in [-0.2, 0) is 9.47 Å². The second kappa shape index (κ2) is 12.9. The number of hydrogen-bond donors (Lipinski definition) is 1. The molecule has 0 fully saturated rings. The summed E-state index contributed by atoms with van der Waals surface area (Å²) in [6, 6.07) is 0. The Morgan fingerprint density at radius 1 is 0.929 bits per heavy atom. The van der Waals surface area contributed by atoms with Crippen molar-refractivity contribution < 1.29 is 9.47 Å². The third-order valence-corrected chi connectivity index (χ3v) is 2.02. The Labute approximate surface area is 88.2 Å². The number of unbranched alkanes of at least 4 members (excludes halogenated alkanes) is 2. The fourth-order valence-electron chi connectivity index (χ4n) is 1.10. The minimum Gasteiger partial charge on any atom is -0.383 e. The number of hydrogen-bond acceptors (Lipinski definition) is 3. The molecule has 0 amide bonds. The molecule has 0 rings (SSSR count). The monoisotopic (exact) mass is 203 g/mol. The summed E-state index contributed by atoms with van der Waals surface area (Å²) in [4.78, 5) is 0. The summed E-state index contributed by atoms with van der Waals surface area (Å²) in [5.41, 5.74) is 0. The normalized spacial score (nSPS) is 10.7. The van der Waals surface area contributed by atoms with Crippen LogP contribution in [0, 0.1) is 0 Å². The summed E-state index contributed by atoms with van der Waals surface area (Å²) < 4.78 is 10.4. The summed E-state index contributed by atoms with van der Waals surface area (Å²) >= 11 is 0. The highest BCUT2D eigenvalue weighted by Gasteiger charge is 1.90. The summed E-state index contributed by atoms with van der Waals surface area (Å²) in [7, 11) is 1.73. The standard InChI is InChI=1S/C11H25NO2/c1-3-4-9-14-10-6-5-7-12-8-11-13-2/h12H,3-11H2,1-2H3. The van der Waals surface area contributed by atoms with Crippen molar-refractivity contribution in [1.82, 2.24) is 5.32 Å². The van der Waals surface area contributed by atoms with Crippen molar-refractivity contribution in [3.05, 3.63) is 0 Å². The molecule has 3 nitrogen and oxygen atoms in total. The van der Waals surface area contributed by atoms with E-state index >= 15 is 0 Å². The molecule has 0 saturated carbocycles. The number of methoxy groups -OCH3 is 1. The van der Waals surface area contributed by atoms with E-state index < -0.39 is 0 Å². The van der Waals surface area contributed by atoms with E-state index in [1.54, 1.807) is 7.11 Å². The number of rotatable bonds is 11. The molecule has 0 bridgehead atoms. The first-order chi connectivity index (χ1) is 6.91. The predicted octanol–water partition coefficient (Wildman–Crippen LogP) is 1.82. The largest absolute Gasteiger partial charge is 0.383 e. The number of ether oxygens (including phenoxy) is 2. The maximum absolute atomic E-state index is 5.45. The second-order valence-corrected chi connectivity index (χ2v) is 3.42. The molecule has 0 aromatic heterocycles. The minimum atomic E-state index is 0.799. The van der Waals surface area contributed by atoms with Crippen molar-refractivity contribution in [2.45, 2.75) is 32.6 Å². The zero-order chi connectivity index (χ0) is 10.5. The van der Waals surface area contributed by atoms with Gasteiger partial charge < -0.3 is 14.8 Å². The van der Waals surface area contributed by atoms with Crippen molar-refractivity contribution in [2.75, 3.05) is 40.0 Å². The molecule has 0 spiro atoms. The maximum Gasteiger partial charge on any atom is 0.0587 e. The second-order valence-electron chi connectivity index (χ2n) is 3.42. The highest BCUT2D eigenvalue weighted by atomic mass is 16.5. The molecule has 0 saturated heterocycles. The van der Waals surface area contributed by atoms with Crippen LogP contribution in [0.1, 0.15) is 32.6 Å². The lowest BCUT2D eigenvalue weighted by molar-refractivity contribution is 0.127. The van der Waals surface area contributed by atoms with Gasteiger partial charge in [-0.3, -0.25) is 0 Å². The van der Waals surface area contributed by atoms with Crippen molar-refractivity contribution in [3.63, 3.8) is 0 Å². The molecule has 0 heterocycles. The van der Waals surface area contributed by atoms with Crippen LogP contribution in [0.2, 0.25) is 0 Å². The Kier molecular flexibility index (Phi) is 12.8. The van der Waals surface area contributed by atoms with E-state index in [0.29, 0.717) is 0 Å². The third-order valence-electron chi connectivity index (χ3n) is 2.02. The van der Waals surface area contributed by atoms with Gasteiger partial charge in [-0.1, -0.05) is 13.3 Å². The van der Waals surface area contributed by atoms with E-state index in [4.69, 9.17) is 9.47 Å². The van der Waals surface area contributed by atoms with Crippen molar-refractivity contribution in [3.8, 4) is 0 Å². The lowest BCUT2D eigenvalue weighted by Crippen LogP contribution is -2.20. The van der Waals surface area contributed by atoms with Crippen LogP contribution in [0.25, 0.3) is 0 Å². The zero-order valence-corrected chi connectivity index (χ0v) is 9.68. The van der Waals surface area contributed by atoms with Gasteiger partial charge in [0.15, 0.2) is 0 Å². The predicted molar refractivity (Wildman–Crippen MR) is 59.7 cm³/mol. The van der Waals surface area contributed by atoms with E-state index in [-0.39, 0.29) is 0 Å². The first kappa shape index (κ1) is 13.9. The molecule has 0 aliphatic carbocycles. The average Bonchev–Trinajstić information content (AvgIpc) is 2.21. The average molecular weight is 203 g/mol. The molecule has 0 aliphatic heterocycles. The Morgan fingerprint density at radius 2 is 1.71 bits per heavy atom. The summed E-state index contributed by atoms with van der Waals surface area (Å²) in [6.45, 7) is 6.84. The van der Waals surface area contributed by atoms with Gasteiger partial charge in [-0.2, -0.15) is 0 Å². The molecular weight excluding hydrogens is 178 g/mol. The molecule has 0 atom stereocenters. The maximum atomic E-state index is 5.45. The van der Waals surface area contributed by atoms with Crippen LogP contribution in [0.3, 0.4) is 0 Å². The van der Waals surface area contributed by atoms with Gasteiger partial charge in [0.1, 0.15) is 0 Å². The minimum absolute atomic E-state index is 0.799. The van der Waals surface area contributed by atoms with Gasteiger partial charge in [-0.15, -0.1) is 0 Å². The smallest absolute Gasteiger partial charge is 0.0587 e. The van der Waals surface area contributed by atoms with Crippen LogP contribution in [0.5, 0.6) is 0 Å². The van der Waals surface area contributed by atoms with E-state index in [1.807, 2.05) is 0 Å². The van der Waals surface area contributed by atoms with Gasteiger partial charge in [-0.05, 0) is 25.8 Å². The van der Waals surface area contributed by atoms with Gasteiger partial charge in [0.25, 0.3) is 0 Å². The topological polar surface area (TPSA) is 30.5 Å². The molecule has 0 aromatic rings. The van der Waals surface area contributed by atoms with Crippen molar-refractivity contribution in [1.29, 1.82) is 0 Å². The van der Waals surface area contributed by atoms with Crippen molar-refractivity contribution in [2.24, 2.45) is 0 Å². The van der Waals surface area contributed by atoms with Gasteiger partial charge in [0.2, 0.25) is 0 Å². The SMILES string of the molecule is CCCCOCCCCNCCOC. The lowest BCUT2D eigenvalue weighted by Gasteiger charge is -2.04. The van der Waals surface area contributed by atoms with Crippen LogP contribution >= 0.6 is 0 Å². The summed E-state index contributed by atoms with van der Waals surface area (Å²) in [5, 5.41) is 3.31. The molecule has 0 unspecified atom stereocenters. The van der Waals surface area contributed by atoms with Gasteiger partial charge in [0, 0.05) is 26.9 Å². The summed E-state index contributed by atoms with van der Waals surface area (Å²) in [5.74, 6) is 0. The molecule has 0 aliphatic rings.